The van der Waals surface area contributed by atoms with E-state index >= 15 is 0 Å². The molecular formula is C14H16FN3O3. The third-order valence-electron chi connectivity index (χ3n) is 3.07. The Labute approximate surface area is 120 Å². The van der Waals surface area contributed by atoms with Crippen molar-refractivity contribution in [2.45, 2.75) is 13.5 Å². The second-order valence-corrected chi connectivity index (χ2v) is 4.55. The molecule has 4 N–H and O–H groups in total. The second kappa shape index (κ2) is 6.36. The number of carbonyl (C=O) groups is 2. The number of carbonyl (C=O) groups excluding carboxylic acids is 2. The Balaban J connectivity index is 1.99. The van der Waals surface area contributed by atoms with Gasteiger partial charge in [-0.2, -0.15) is 0 Å². The zero-order valence-electron chi connectivity index (χ0n) is 11.5. The van der Waals surface area contributed by atoms with Crippen LogP contribution in [0, 0.1) is 12.7 Å². The Morgan fingerprint density at radius 2 is 2.05 bits per heavy atom. The fraction of sp³-hybridized carbons (Fsp3) is 0.286. The molecule has 0 saturated heterocycles. The van der Waals surface area contributed by atoms with Crippen molar-refractivity contribution in [3.05, 3.63) is 35.3 Å². The molecule has 0 aliphatic heterocycles. The Morgan fingerprint density at radius 1 is 1.29 bits per heavy atom. The van der Waals surface area contributed by atoms with Crippen molar-refractivity contribution in [2.75, 3.05) is 13.1 Å². The highest BCUT2D eigenvalue weighted by Gasteiger charge is 2.12. The van der Waals surface area contributed by atoms with Gasteiger partial charge in [-0.25, -0.2) is 4.39 Å². The fourth-order valence-corrected chi connectivity index (χ4v) is 1.90. The van der Waals surface area contributed by atoms with Crippen molar-refractivity contribution in [1.29, 1.82) is 0 Å². The van der Waals surface area contributed by atoms with E-state index < -0.39 is 5.91 Å². The Hall–Kier alpha value is -2.41. The Kier molecular flexibility index (Phi) is 4.54. The molecule has 1 aromatic heterocycles. The monoisotopic (exact) mass is 293 g/mol. The van der Waals surface area contributed by atoms with Gasteiger partial charge in [0.15, 0.2) is 0 Å². The molecule has 2 rings (SSSR count). The summed E-state index contributed by atoms with van der Waals surface area (Å²) in [6.07, 6.45) is 0. The van der Waals surface area contributed by atoms with Crippen LogP contribution >= 0.6 is 0 Å². The van der Waals surface area contributed by atoms with E-state index in [1.165, 1.54) is 12.1 Å². The quantitative estimate of drug-likeness (QED) is 0.751. The van der Waals surface area contributed by atoms with Crippen molar-refractivity contribution in [3.63, 3.8) is 0 Å². The van der Waals surface area contributed by atoms with Crippen LogP contribution in [0.1, 0.15) is 11.3 Å². The van der Waals surface area contributed by atoms with Crippen LogP contribution in [0.25, 0.3) is 11.0 Å². The summed E-state index contributed by atoms with van der Waals surface area (Å²) < 4.78 is 18.8. The molecule has 0 unspecified atom stereocenters. The van der Waals surface area contributed by atoms with Gasteiger partial charge in [-0.3, -0.25) is 9.59 Å². The Morgan fingerprint density at radius 3 is 2.76 bits per heavy atom. The van der Waals surface area contributed by atoms with Crippen molar-refractivity contribution in [1.82, 2.24) is 10.6 Å². The number of halogens is 1. The summed E-state index contributed by atoms with van der Waals surface area (Å²) in [6.45, 7) is 1.65. The topological polar surface area (TPSA) is 97.4 Å². The molecule has 0 fully saturated rings. The van der Waals surface area contributed by atoms with Crippen LogP contribution in [0.2, 0.25) is 0 Å². The predicted octanol–water partition coefficient (Wildman–Crippen LogP) is 0.571. The van der Waals surface area contributed by atoms with Crippen molar-refractivity contribution >= 4 is 22.8 Å². The molecule has 0 radical (unpaired) electrons. The summed E-state index contributed by atoms with van der Waals surface area (Å²) in [6, 6.07) is 4.25. The van der Waals surface area contributed by atoms with Gasteiger partial charge < -0.3 is 20.8 Å². The summed E-state index contributed by atoms with van der Waals surface area (Å²) in [5.41, 5.74) is 6.45. The number of amides is 2. The van der Waals surface area contributed by atoms with Crippen LogP contribution in [0.3, 0.4) is 0 Å². The zero-order valence-corrected chi connectivity index (χ0v) is 11.5. The zero-order chi connectivity index (χ0) is 15.4. The standard InChI is InChI=1S/C14H16FN3O3/c1-8-10-4-9(15)2-3-11(10)21-12(8)6-17-14(20)7-18-13(19)5-16/h2-4H,5-7,16H2,1H3,(H,17,20)(H,18,19). The number of nitrogens with one attached hydrogen (secondary N) is 2. The van der Waals surface area contributed by atoms with E-state index in [0.717, 1.165) is 5.56 Å². The first-order valence-corrected chi connectivity index (χ1v) is 6.42. The van der Waals surface area contributed by atoms with Crippen molar-refractivity contribution in [3.8, 4) is 0 Å². The summed E-state index contributed by atoms with van der Waals surface area (Å²) in [5, 5.41) is 5.65. The fourth-order valence-electron chi connectivity index (χ4n) is 1.90. The van der Waals surface area contributed by atoms with E-state index in [1.807, 2.05) is 0 Å². The average molecular weight is 293 g/mol. The minimum absolute atomic E-state index is 0.149. The molecule has 1 heterocycles. The summed E-state index contributed by atoms with van der Waals surface area (Å²) in [4.78, 5) is 22.5. The number of hydrogen-bond acceptors (Lipinski definition) is 4. The molecule has 21 heavy (non-hydrogen) atoms. The molecule has 6 nitrogen and oxygen atoms in total. The minimum atomic E-state index is -0.402. The smallest absolute Gasteiger partial charge is 0.239 e. The van der Waals surface area contributed by atoms with E-state index in [0.29, 0.717) is 16.7 Å². The first kappa shape index (κ1) is 15.0. The summed E-state index contributed by atoms with van der Waals surface area (Å²) in [5.74, 6) is -0.552. The number of aryl methyl sites for hydroxylation is 1. The van der Waals surface area contributed by atoms with Gasteiger partial charge in [0.25, 0.3) is 0 Å². The highest BCUT2D eigenvalue weighted by Crippen LogP contribution is 2.25. The van der Waals surface area contributed by atoms with Gasteiger partial charge in [0.1, 0.15) is 17.2 Å². The van der Waals surface area contributed by atoms with Crippen LogP contribution < -0.4 is 16.4 Å². The van der Waals surface area contributed by atoms with E-state index in [9.17, 15) is 14.0 Å². The van der Waals surface area contributed by atoms with Gasteiger partial charge in [0.05, 0.1) is 19.6 Å². The van der Waals surface area contributed by atoms with E-state index in [-0.39, 0.29) is 31.4 Å². The second-order valence-electron chi connectivity index (χ2n) is 4.55. The molecule has 0 saturated carbocycles. The predicted molar refractivity (Wildman–Crippen MR) is 74.8 cm³/mol. The lowest BCUT2D eigenvalue weighted by Crippen LogP contribution is -2.39. The molecule has 1 aromatic carbocycles. The third-order valence-corrected chi connectivity index (χ3v) is 3.07. The van der Waals surface area contributed by atoms with Crippen LogP contribution in [0.5, 0.6) is 0 Å². The van der Waals surface area contributed by atoms with Gasteiger partial charge in [0.2, 0.25) is 11.8 Å². The number of fused-ring (bicyclic) bond motifs is 1. The minimum Gasteiger partial charge on any atom is -0.459 e. The van der Waals surface area contributed by atoms with E-state index in [4.69, 9.17) is 10.2 Å². The molecule has 2 aromatic rings. The van der Waals surface area contributed by atoms with Crippen LogP contribution in [0.4, 0.5) is 4.39 Å². The van der Waals surface area contributed by atoms with Gasteiger partial charge in [-0.15, -0.1) is 0 Å². The maximum absolute atomic E-state index is 13.2. The molecular weight excluding hydrogens is 277 g/mol. The van der Waals surface area contributed by atoms with Gasteiger partial charge in [0, 0.05) is 10.9 Å². The van der Waals surface area contributed by atoms with Gasteiger partial charge >= 0.3 is 0 Å². The van der Waals surface area contributed by atoms with Gasteiger partial charge in [-0.05, 0) is 25.1 Å². The lowest BCUT2D eigenvalue weighted by atomic mass is 10.1. The molecule has 0 bridgehead atoms. The van der Waals surface area contributed by atoms with Gasteiger partial charge in [-0.1, -0.05) is 0 Å². The lowest BCUT2D eigenvalue weighted by molar-refractivity contribution is -0.125. The largest absolute Gasteiger partial charge is 0.459 e. The highest BCUT2D eigenvalue weighted by molar-refractivity contribution is 5.85. The number of furan rings is 1. The SMILES string of the molecule is Cc1c(CNC(=O)CNC(=O)CN)oc2ccc(F)cc12. The van der Waals surface area contributed by atoms with E-state index in [2.05, 4.69) is 10.6 Å². The Bertz CT molecular complexity index is 681. The maximum atomic E-state index is 13.2. The first-order valence-electron chi connectivity index (χ1n) is 6.42. The van der Waals surface area contributed by atoms with E-state index in [1.54, 1.807) is 13.0 Å². The molecule has 2 amide bonds. The molecule has 112 valence electrons. The molecule has 0 aliphatic rings. The van der Waals surface area contributed by atoms with Crippen molar-refractivity contribution < 1.29 is 18.4 Å². The van der Waals surface area contributed by atoms with Crippen LogP contribution in [-0.4, -0.2) is 24.9 Å². The van der Waals surface area contributed by atoms with Crippen LogP contribution in [0.15, 0.2) is 22.6 Å². The number of nitrogens with two attached hydrogens (primary N) is 1. The third kappa shape index (κ3) is 3.57. The number of benzene rings is 1. The number of hydrogen-bond donors (Lipinski definition) is 3. The molecule has 0 aliphatic carbocycles. The lowest BCUT2D eigenvalue weighted by Gasteiger charge is -2.05. The first-order chi connectivity index (χ1) is 10.0. The average Bonchev–Trinajstić information content (AvgIpc) is 2.79. The highest BCUT2D eigenvalue weighted by atomic mass is 19.1. The molecule has 7 heteroatoms. The molecule has 0 spiro atoms. The normalized spacial score (nSPS) is 10.6. The van der Waals surface area contributed by atoms with Crippen molar-refractivity contribution in [2.24, 2.45) is 5.73 Å². The van der Waals surface area contributed by atoms with Crippen LogP contribution in [-0.2, 0) is 16.1 Å². The number of rotatable bonds is 5. The summed E-state index contributed by atoms with van der Waals surface area (Å²) >= 11 is 0. The molecule has 0 atom stereocenters. The summed E-state index contributed by atoms with van der Waals surface area (Å²) in [7, 11) is 0. The maximum Gasteiger partial charge on any atom is 0.239 e.